The summed E-state index contributed by atoms with van der Waals surface area (Å²) in [6.45, 7) is 8.72. The van der Waals surface area contributed by atoms with Gasteiger partial charge in [0.1, 0.15) is 6.61 Å². The Morgan fingerprint density at radius 2 is 2.06 bits per heavy atom. The molecular formula is C12H25NO3. The van der Waals surface area contributed by atoms with Crippen LogP contribution in [0.3, 0.4) is 0 Å². The van der Waals surface area contributed by atoms with E-state index >= 15 is 0 Å². The third kappa shape index (κ3) is 9.93. The zero-order chi connectivity index (χ0) is 12.6. The molecule has 1 atom stereocenters. The molecule has 1 amide bonds. The number of rotatable bonds is 7. The number of carbonyl (C=O) groups is 1. The molecule has 0 heterocycles. The van der Waals surface area contributed by atoms with E-state index in [2.05, 4.69) is 5.32 Å². The third-order valence-electron chi connectivity index (χ3n) is 2.14. The second kappa shape index (κ2) is 7.63. The summed E-state index contributed by atoms with van der Waals surface area (Å²) in [6, 6.07) is 0. The van der Waals surface area contributed by atoms with Gasteiger partial charge >= 0.3 is 0 Å². The molecule has 16 heavy (non-hydrogen) atoms. The van der Waals surface area contributed by atoms with Crippen molar-refractivity contribution in [3.05, 3.63) is 0 Å². The minimum atomic E-state index is -0.275. The van der Waals surface area contributed by atoms with Crippen LogP contribution in [0.25, 0.3) is 0 Å². The third-order valence-corrected chi connectivity index (χ3v) is 2.14. The van der Waals surface area contributed by atoms with E-state index in [9.17, 15) is 4.79 Å². The van der Waals surface area contributed by atoms with Gasteiger partial charge < -0.3 is 15.2 Å². The van der Waals surface area contributed by atoms with E-state index in [1.165, 1.54) is 0 Å². The van der Waals surface area contributed by atoms with Crippen molar-refractivity contribution in [2.45, 2.75) is 46.1 Å². The molecule has 0 fully saturated rings. The van der Waals surface area contributed by atoms with Gasteiger partial charge in [0, 0.05) is 13.2 Å². The smallest absolute Gasteiger partial charge is 0.246 e. The van der Waals surface area contributed by atoms with Crippen molar-refractivity contribution in [1.82, 2.24) is 5.32 Å². The summed E-state index contributed by atoms with van der Waals surface area (Å²) in [6.07, 6.45) is 1.82. The van der Waals surface area contributed by atoms with Gasteiger partial charge in [0.05, 0.1) is 5.60 Å². The highest BCUT2D eigenvalue weighted by atomic mass is 16.5. The SMILES string of the molecule is CC(CO)CCCNC(=O)COC(C)(C)C. The highest BCUT2D eigenvalue weighted by Crippen LogP contribution is 2.05. The molecule has 0 aromatic heterocycles. The summed E-state index contributed by atoms with van der Waals surface area (Å²) in [5, 5.41) is 11.6. The summed E-state index contributed by atoms with van der Waals surface area (Å²) >= 11 is 0. The average molecular weight is 231 g/mol. The number of ether oxygens (including phenoxy) is 1. The number of hydrogen-bond donors (Lipinski definition) is 2. The quantitative estimate of drug-likeness (QED) is 0.650. The fraction of sp³-hybridized carbons (Fsp3) is 0.917. The average Bonchev–Trinajstić information content (AvgIpc) is 2.20. The summed E-state index contributed by atoms with van der Waals surface area (Å²) in [4.78, 5) is 11.3. The lowest BCUT2D eigenvalue weighted by Gasteiger charge is -2.19. The van der Waals surface area contributed by atoms with Gasteiger partial charge in [-0.15, -0.1) is 0 Å². The van der Waals surface area contributed by atoms with Gasteiger partial charge in [0.2, 0.25) is 5.91 Å². The van der Waals surface area contributed by atoms with E-state index in [4.69, 9.17) is 9.84 Å². The van der Waals surface area contributed by atoms with E-state index in [-0.39, 0.29) is 24.7 Å². The normalized spacial score (nSPS) is 13.6. The molecule has 0 bridgehead atoms. The number of amides is 1. The Bertz CT molecular complexity index is 199. The van der Waals surface area contributed by atoms with Crippen LogP contribution in [-0.2, 0) is 9.53 Å². The Morgan fingerprint density at radius 3 is 2.56 bits per heavy atom. The Labute approximate surface area is 98.4 Å². The molecular weight excluding hydrogens is 206 g/mol. The maximum absolute atomic E-state index is 11.3. The number of carbonyl (C=O) groups excluding carboxylic acids is 1. The van der Waals surface area contributed by atoms with Crippen LogP contribution in [0, 0.1) is 5.92 Å². The molecule has 2 N–H and O–H groups in total. The van der Waals surface area contributed by atoms with Crippen molar-refractivity contribution in [3.63, 3.8) is 0 Å². The van der Waals surface area contributed by atoms with E-state index in [1.807, 2.05) is 27.7 Å². The highest BCUT2D eigenvalue weighted by Gasteiger charge is 2.12. The van der Waals surface area contributed by atoms with Gasteiger partial charge in [-0.1, -0.05) is 6.92 Å². The summed E-state index contributed by atoms with van der Waals surface area (Å²) in [5.74, 6) is 0.231. The van der Waals surface area contributed by atoms with E-state index in [1.54, 1.807) is 0 Å². The minimum absolute atomic E-state index is 0.0772. The van der Waals surface area contributed by atoms with E-state index in [0.717, 1.165) is 12.8 Å². The predicted molar refractivity (Wildman–Crippen MR) is 64.2 cm³/mol. The molecule has 0 saturated heterocycles. The van der Waals surface area contributed by atoms with Crippen molar-refractivity contribution < 1.29 is 14.6 Å². The van der Waals surface area contributed by atoms with Crippen LogP contribution < -0.4 is 5.32 Å². The molecule has 4 nitrogen and oxygen atoms in total. The predicted octanol–water partition coefficient (Wildman–Crippen LogP) is 1.33. The second-order valence-corrected chi connectivity index (χ2v) is 5.18. The summed E-state index contributed by atoms with van der Waals surface area (Å²) < 4.78 is 5.34. The number of hydrogen-bond acceptors (Lipinski definition) is 3. The number of nitrogens with one attached hydrogen (secondary N) is 1. The molecule has 1 unspecified atom stereocenters. The first-order chi connectivity index (χ1) is 7.35. The van der Waals surface area contributed by atoms with Crippen LogP contribution in [0.2, 0.25) is 0 Å². The maximum atomic E-state index is 11.3. The molecule has 0 aromatic carbocycles. The van der Waals surface area contributed by atoms with Crippen molar-refractivity contribution in [2.75, 3.05) is 19.8 Å². The lowest BCUT2D eigenvalue weighted by atomic mass is 10.1. The molecule has 0 aliphatic carbocycles. The minimum Gasteiger partial charge on any atom is -0.396 e. The number of aliphatic hydroxyl groups excluding tert-OH is 1. The first-order valence-electron chi connectivity index (χ1n) is 5.86. The zero-order valence-electron chi connectivity index (χ0n) is 10.9. The fourth-order valence-corrected chi connectivity index (χ4v) is 1.10. The largest absolute Gasteiger partial charge is 0.396 e. The van der Waals surface area contributed by atoms with Gasteiger partial charge in [0.25, 0.3) is 0 Å². The molecule has 0 radical (unpaired) electrons. The van der Waals surface area contributed by atoms with Gasteiger partial charge in [-0.05, 0) is 39.5 Å². The Balaban J connectivity index is 3.45. The Kier molecular flexibility index (Phi) is 7.34. The first-order valence-corrected chi connectivity index (χ1v) is 5.86. The lowest BCUT2D eigenvalue weighted by Crippen LogP contribution is -2.32. The molecule has 0 rings (SSSR count). The van der Waals surface area contributed by atoms with Gasteiger partial charge in [0.15, 0.2) is 0 Å². The molecule has 0 saturated carbocycles. The van der Waals surface area contributed by atoms with Crippen LogP contribution in [0.4, 0.5) is 0 Å². The van der Waals surface area contributed by atoms with Crippen LogP contribution in [-0.4, -0.2) is 36.4 Å². The lowest BCUT2D eigenvalue weighted by molar-refractivity contribution is -0.130. The van der Waals surface area contributed by atoms with E-state index in [0.29, 0.717) is 12.5 Å². The second-order valence-electron chi connectivity index (χ2n) is 5.18. The highest BCUT2D eigenvalue weighted by molar-refractivity contribution is 5.77. The maximum Gasteiger partial charge on any atom is 0.246 e. The van der Waals surface area contributed by atoms with Gasteiger partial charge in [-0.3, -0.25) is 4.79 Å². The summed E-state index contributed by atoms with van der Waals surface area (Å²) in [5.41, 5.74) is -0.275. The molecule has 0 aromatic rings. The van der Waals surface area contributed by atoms with Crippen molar-refractivity contribution in [1.29, 1.82) is 0 Å². The summed E-state index contributed by atoms with van der Waals surface area (Å²) in [7, 11) is 0. The van der Waals surface area contributed by atoms with Crippen LogP contribution in [0.15, 0.2) is 0 Å². The molecule has 0 aliphatic heterocycles. The molecule has 96 valence electrons. The van der Waals surface area contributed by atoms with Crippen molar-refractivity contribution in [2.24, 2.45) is 5.92 Å². The Morgan fingerprint density at radius 1 is 1.44 bits per heavy atom. The molecule has 0 aliphatic rings. The molecule has 0 spiro atoms. The van der Waals surface area contributed by atoms with Crippen LogP contribution in [0.1, 0.15) is 40.5 Å². The number of aliphatic hydroxyl groups is 1. The molecule has 4 heteroatoms. The monoisotopic (exact) mass is 231 g/mol. The van der Waals surface area contributed by atoms with Crippen molar-refractivity contribution >= 4 is 5.91 Å². The van der Waals surface area contributed by atoms with Gasteiger partial charge in [-0.25, -0.2) is 0 Å². The zero-order valence-corrected chi connectivity index (χ0v) is 10.9. The first kappa shape index (κ1) is 15.4. The van der Waals surface area contributed by atoms with Crippen LogP contribution >= 0.6 is 0 Å². The fourth-order valence-electron chi connectivity index (χ4n) is 1.10. The Hall–Kier alpha value is -0.610. The standard InChI is InChI=1S/C12H25NO3/c1-10(8-14)6-5-7-13-11(15)9-16-12(2,3)4/h10,14H,5-9H2,1-4H3,(H,13,15). The van der Waals surface area contributed by atoms with E-state index < -0.39 is 0 Å². The van der Waals surface area contributed by atoms with Crippen molar-refractivity contribution in [3.8, 4) is 0 Å². The topological polar surface area (TPSA) is 58.6 Å². The van der Waals surface area contributed by atoms with Crippen LogP contribution in [0.5, 0.6) is 0 Å². The van der Waals surface area contributed by atoms with Gasteiger partial charge in [-0.2, -0.15) is 0 Å².